The number of rotatable bonds is 6. The molecule has 0 spiro atoms. The van der Waals surface area contributed by atoms with Crippen molar-refractivity contribution in [2.24, 2.45) is 11.8 Å². The molecule has 3 nitrogen and oxygen atoms in total. The van der Waals surface area contributed by atoms with E-state index < -0.39 is 6.10 Å². The van der Waals surface area contributed by atoms with Crippen LogP contribution in [-0.4, -0.2) is 17.1 Å². The van der Waals surface area contributed by atoms with Gasteiger partial charge >= 0.3 is 0 Å². The highest BCUT2D eigenvalue weighted by Gasteiger charge is 2.33. The van der Waals surface area contributed by atoms with E-state index >= 15 is 0 Å². The molecule has 0 heterocycles. The number of aliphatic hydroxyl groups is 1. The third-order valence-electron chi connectivity index (χ3n) is 3.80. The lowest BCUT2D eigenvalue weighted by Crippen LogP contribution is -2.33. The fourth-order valence-corrected chi connectivity index (χ4v) is 2.23. The monoisotopic (exact) mass is 279 g/mol. The first-order valence-corrected chi connectivity index (χ1v) is 7.20. The van der Waals surface area contributed by atoms with Gasteiger partial charge in [-0.2, -0.15) is 0 Å². The zero-order valence-corrected chi connectivity index (χ0v) is 12.0. The average molecular weight is 279 g/mol. The quantitative estimate of drug-likeness (QED) is 0.841. The van der Waals surface area contributed by atoms with E-state index in [0.29, 0.717) is 5.92 Å². The summed E-state index contributed by atoms with van der Waals surface area (Å²) in [5, 5.41) is 12.7. The molecule has 110 valence electrons. The van der Waals surface area contributed by atoms with Crippen molar-refractivity contribution < 1.29 is 14.3 Å². The van der Waals surface area contributed by atoms with Gasteiger partial charge in [0, 0.05) is 0 Å². The Balaban J connectivity index is 1.99. The lowest BCUT2D eigenvalue weighted by Gasteiger charge is -2.21. The van der Waals surface area contributed by atoms with Crippen LogP contribution in [0.4, 0.5) is 4.39 Å². The molecule has 0 radical (unpaired) electrons. The number of amides is 1. The standard InChI is InChI=1S/C16H22FNO2/c1-10(2)14(19)9-15(20)18-16(11-3-4-11)12-5-7-13(17)8-6-12/h5-8,10-11,14,16,19H,3-4,9H2,1-2H3,(H,18,20). The molecule has 2 unspecified atom stereocenters. The number of carbonyl (C=O) groups is 1. The average Bonchev–Trinajstić information content (AvgIpc) is 3.21. The van der Waals surface area contributed by atoms with Gasteiger partial charge in [-0.15, -0.1) is 0 Å². The Bertz CT molecular complexity index is 454. The van der Waals surface area contributed by atoms with Crippen LogP contribution in [0, 0.1) is 17.7 Å². The van der Waals surface area contributed by atoms with E-state index in [0.717, 1.165) is 18.4 Å². The Kier molecular flexibility index (Phi) is 4.76. The smallest absolute Gasteiger partial charge is 0.223 e. The van der Waals surface area contributed by atoms with E-state index in [1.165, 1.54) is 12.1 Å². The van der Waals surface area contributed by atoms with Gasteiger partial charge in [-0.3, -0.25) is 4.79 Å². The summed E-state index contributed by atoms with van der Waals surface area (Å²) < 4.78 is 13.0. The Morgan fingerprint density at radius 2 is 1.95 bits per heavy atom. The minimum absolute atomic E-state index is 0.0611. The highest BCUT2D eigenvalue weighted by Crippen LogP contribution is 2.41. The molecule has 4 heteroatoms. The lowest BCUT2D eigenvalue weighted by atomic mass is 10.0. The molecule has 0 aromatic heterocycles. The van der Waals surface area contributed by atoms with Crippen LogP contribution in [0.3, 0.4) is 0 Å². The van der Waals surface area contributed by atoms with Gasteiger partial charge in [-0.25, -0.2) is 4.39 Å². The summed E-state index contributed by atoms with van der Waals surface area (Å²) in [6.07, 6.45) is 1.65. The molecule has 0 bridgehead atoms. The van der Waals surface area contributed by atoms with Crippen molar-refractivity contribution in [3.8, 4) is 0 Å². The summed E-state index contributed by atoms with van der Waals surface area (Å²) in [6.45, 7) is 3.77. The second kappa shape index (κ2) is 6.35. The topological polar surface area (TPSA) is 49.3 Å². The Labute approximate surface area is 119 Å². The molecule has 1 aliphatic carbocycles. The van der Waals surface area contributed by atoms with Crippen molar-refractivity contribution in [3.63, 3.8) is 0 Å². The van der Waals surface area contributed by atoms with Gasteiger partial charge in [0.25, 0.3) is 0 Å². The molecule has 1 fully saturated rings. The van der Waals surface area contributed by atoms with Crippen LogP contribution < -0.4 is 5.32 Å². The van der Waals surface area contributed by atoms with E-state index in [9.17, 15) is 14.3 Å². The zero-order valence-electron chi connectivity index (χ0n) is 12.0. The molecule has 2 rings (SSSR count). The first kappa shape index (κ1) is 15.0. The number of halogens is 1. The van der Waals surface area contributed by atoms with Crippen LogP contribution in [0.15, 0.2) is 24.3 Å². The van der Waals surface area contributed by atoms with Gasteiger partial charge in [0.15, 0.2) is 0 Å². The van der Waals surface area contributed by atoms with Gasteiger partial charge < -0.3 is 10.4 Å². The number of carbonyl (C=O) groups excluding carboxylic acids is 1. The summed E-state index contributed by atoms with van der Waals surface area (Å²) in [4.78, 5) is 12.0. The van der Waals surface area contributed by atoms with Crippen molar-refractivity contribution >= 4 is 5.91 Å². The number of hydrogen-bond acceptors (Lipinski definition) is 2. The van der Waals surface area contributed by atoms with Gasteiger partial charge in [0.05, 0.1) is 18.6 Å². The zero-order chi connectivity index (χ0) is 14.7. The van der Waals surface area contributed by atoms with Crippen molar-refractivity contribution in [2.75, 3.05) is 0 Å². The fraction of sp³-hybridized carbons (Fsp3) is 0.562. The van der Waals surface area contributed by atoms with Gasteiger partial charge in [-0.1, -0.05) is 26.0 Å². The molecule has 0 saturated heterocycles. The molecule has 1 amide bonds. The van der Waals surface area contributed by atoms with Crippen LogP contribution in [0.2, 0.25) is 0 Å². The van der Waals surface area contributed by atoms with Crippen LogP contribution in [0.1, 0.15) is 44.7 Å². The van der Waals surface area contributed by atoms with Crippen LogP contribution in [0.25, 0.3) is 0 Å². The molecular weight excluding hydrogens is 257 g/mol. The summed E-state index contributed by atoms with van der Waals surface area (Å²) >= 11 is 0. The maximum atomic E-state index is 13.0. The van der Waals surface area contributed by atoms with Crippen molar-refractivity contribution in [1.29, 1.82) is 0 Å². The predicted molar refractivity (Wildman–Crippen MR) is 75.5 cm³/mol. The first-order chi connectivity index (χ1) is 9.47. The molecule has 0 aliphatic heterocycles. The summed E-state index contributed by atoms with van der Waals surface area (Å²) in [6, 6.07) is 6.21. The number of hydrogen-bond donors (Lipinski definition) is 2. The molecule has 2 atom stereocenters. The third kappa shape index (κ3) is 4.04. The van der Waals surface area contributed by atoms with E-state index in [1.807, 2.05) is 13.8 Å². The summed E-state index contributed by atoms with van der Waals surface area (Å²) in [5.74, 6) is 0.0730. The molecule has 1 aromatic rings. The normalized spacial score (nSPS) is 17.9. The number of nitrogens with one attached hydrogen (secondary N) is 1. The largest absolute Gasteiger partial charge is 0.392 e. The van der Waals surface area contributed by atoms with E-state index in [-0.39, 0.29) is 30.1 Å². The first-order valence-electron chi connectivity index (χ1n) is 7.20. The predicted octanol–water partition coefficient (Wildman–Crippen LogP) is 2.80. The number of benzene rings is 1. The summed E-state index contributed by atoms with van der Waals surface area (Å²) in [7, 11) is 0. The second-order valence-electron chi connectivity index (χ2n) is 5.95. The minimum atomic E-state index is -0.622. The molecular formula is C16H22FNO2. The fourth-order valence-electron chi connectivity index (χ4n) is 2.23. The van der Waals surface area contributed by atoms with E-state index in [2.05, 4.69) is 5.32 Å². The summed E-state index contributed by atoms with van der Waals surface area (Å²) in [5.41, 5.74) is 0.932. The Hall–Kier alpha value is -1.42. The molecule has 1 aliphatic rings. The SMILES string of the molecule is CC(C)C(O)CC(=O)NC(c1ccc(F)cc1)C1CC1. The molecule has 20 heavy (non-hydrogen) atoms. The maximum Gasteiger partial charge on any atom is 0.223 e. The molecule has 2 N–H and O–H groups in total. The maximum absolute atomic E-state index is 13.0. The van der Waals surface area contributed by atoms with Crippen molar-refractivity contribution in [2.45, 2.75) is 45.3 Å². The third-order valence-corrected chi connectivity index (χ3v) is 3.80. The molecule has 1 saturated carbocycles. The van der Waals surface area contributed by atoms with E-state index in [1.54, 1.807) is 12.1 Å². The van der Waals surface area contributed by atoms with E-state index in [4.69, 9.17) is 0 Å². The van der Waals surface area contributed by atoms with Crippen molar-refractivity contribution in [3.05, 3.63) is 35.6 Å². The van der Waals surface area contributed by atoms with Crippen LogP contribution in [0.5, 0.6) is 0 Å². The highest BCUT2D eigenvalue weighted by molar-refractivity contribution is 5.77. The minimum Gasteiger partial charge on any atom is -0.392 e. The number of aliphatic hydroxyl groups excluding tert-OH is 1. The Morgan fingerprint density at radius 3 is 2.45 bits per heavy atom. The highest BCUT2D eigenvalue weighted by atomic mass is 19.1. The lowest BCUT2D eigenvalue weighted by molar-refractivity contribution is -0.124. The Morgan fingerprint density at radius 1 is 1.35 bits per heavy atom. The van der Waals surface area contributed by atoms with Crippen molar-refractivity contribution in [1.82, 2.24) is 5.32 Å². The van der Waals surface area contributed by atoms with Gasteiger partial charge in [0.2, 0.25) is 5.91 Å². The van der Waals surface area contributed by atoms with Gasteiger partial charge in [0.1, 0.15) is 5.82 Å². The van der Waals surface area contributed by atoms with Crippen LogP contribution >= 0.6 is 0 Å². The second-order valence-corrected chi connectivity index (χ2v) is 5.95. The molecule has 1 aromatic carbocycles. The van der Waals surface area contributed by atoms with Gasteiger partial charge in [-0.05, 0) is 42.4 Å². The van der Waals surface area contributed by atoms with Crippen LogP contribution in [-0.2, 0) is 4.79 Å².